The van der Waals surface area contributed by atoms with Crippen molar-refractivity contribution >= 4 is 17.3 Å². The molecule has 4 nitrogen and oxygen atoms in total. The fourth-order valence-corrected chi connectivity index (χ4v) is 3.23. The Morgan fingerprint density at radius 3 is 2.46 bits per heavy atom. The topological polar surface area (TPSA) is 56.5 Å². The first kappa shape index (κ1) is 15.9. The van der Waals surface area contributed by atoms with Crippen molar-refractivity contribution in [3.8, 4) is 6.07 Å². The van der Waals surface area contributed by atoms with Crippen LogP contribution in [0.15, 0.2) is 47.5 Å². The van der Waals surface area contributed by atoms with Gasteiger partial charge in [-0.15, -0.1) is 0 Å². The van der Waals surface area contributed by atoms with Crippen molar-refractivity contribution in [2.24, 2.45) is 4.99 Å². The van der Waals surface area contributed by atoms with E-state index in [4.69, 9.17) is 0 Å². The van der Waals surface area contributed by atoms with Crippen LogP contribution in [-0.2, 0) is 4.79 Å². The number of benzodiazepines with no additional fused rings is 1. The minimum absolute atomic E-state index is 0.316. The average molecular weight is 317 g/mol. The number of hydrogen-bond donors (Lipinski definition) is 0. The molecule has 1 atom stereocenters. The molecule has 2 aromatic rings. The quantitative estimate of drug-likeness (QED) is 0.809. The van der Waals surface area contributed by atoms with Crippen LogP contribution in [0.25, 0.3) is 0 Å². The van der Waals surface area contributed by atoms with E-state index >= 15 is 0 Å². The summed E-state index contributed by atoms with van der Waals surface area (Å²) in [6.07, 6.45) is 0. The number of aryl methyl sites for hydroxylation is 2. The lowest BCUT2D eigenvalue weighted by Gasteiger charge is -2.24. The molecule has 120 valence electrons. The van der Waals surface area contributed by atoms with E-state index in [2.05, 4.69) is 11.1 Å². The molecular weight excluding hydrogens is 298 g/mol. The molecule has 0 bridgehead atoms. The fraction of sp³-hybridized carbons (Fsp3) is 0.250. The van der Waals surface area contributed by atoms with Gasteiger partial charge in [-0.2, -0.15) is 5.26 Å². The Labute approximate surface area is 142 Å². The van der Waals surface area contributed by atoms with Crippen molar-refractivity contribution in [3.05, 3.63) is 64.7 Å². The smallest absolute Gasteiger partial charge is 0.269 e. The molecule has 0 N–H and O–H groups in total. The zero-order chi connectivity index (χ0) is 17.5. The molecule has 0 fully saturated rings. The number of amides is 1. The van der Waals surface area contributed by atoms with E-state index < -0.39 is 5.54 Å². The standard InChI is InChI=1S/C20H19N3O/c1-13-10-14(2)18-16(11-13)17(15-8-6-5-7-9-15)22-20(3,12-21)19(24)23(18)4/h5-11H,1-4H3/t20-/m1/s1. The highest BCUT2D eigenvalue weighted by molar-refractivity contribution is 6.21. The van der Waals surface area contributed by atoms with Crippen LogP contribution in [0.4, 0.5) is 5.69 Å². The predicted molar refractivity (Wildman–Crippen MR) is 95.4 cm³/mol. The molecule has 0 saturated heterocycles. The average Bonchev–Trinajstić information content (AvgIpc) is 2.65. The minimum atomic E-state index is -1.45. The SMILES string of the molecule is Cc1cc(C)c2c(c1)C(c1ccccc1)=N[C@](C)(C#N)C(=O)N2C. The van der Waals surface area contributed by atoms with Crippen molar-refractivity contribution in [2.45, 2.75) is 26.3 Å². The summed E-state index contributed by atoms with van der Waals surface area (Å²) in [5.41, 5.74) is 3.91. The lowest BCUT2D eigenvalue weighted by Crippen LogP contribution is -2.42. The first-order chi connectivity index (χ1) is 11.4. The maximum atomic E-state index is 12.9. The number of benzene rings is 2. The second kappa shape index (κ2) is 5.61. The zero-order valence-electron chi connectivity index (χ0n) is 14.3. The van der Waals surface area contributed by atoms with Crippen LogP contribution in [0.2, 0.25) is 0 Å². The zero-order valence-corrected chi connectivity index (χ0v) is 14.3. The number of nitriles is 1. The molecule has 0 aliphatic carbocycles. The highest BCUT2D eigenvalue weighted by atomic mass is 16.2. The van der Waals surface area contributed by atoms with Crippen molar-refractivity contribution in [2.75, 3.05) is 11.9 Å². The third kappa shape index (κ3) is 2.39. The summed E-state index contributed by atoms with van der Waals surface area (Å²) in [7, 11) is 1.71. The van der Waals surface area contributed by atoms with E-state index in [1.165, 1.54) is 0 Å². The molecule has 1 heterocycles. The number of aliphatic imine (C=N–C) groups is 1. The Bertz CT molecular complexity index is 893. The minimum Gasteiger partial charge on any atom is -0.311 e. The summed E-state index contributed by atoms with van der Waals surface area (Å²) in [5, 5.41) is 9.63. The molecule has 3 rings (SSSR count). The first-order valence-corrected chi connectivity index (χ1v) is 7.83. The van der Waals surface area contributed by atoms with Gasteiger partial charge in [-0.3, -0.25) is 9.79 Å². The second-order valence-corrected chi connectivity index (χ2v) is 6.35. The number of carbonyl (C=O) groups is 1. The maximum Gasteiger partial charge on any atom is 0.269 e. The van der Waals surface area contributed by atoms with Gasteiger partial charge in [0, 0.05) is 18.2 Å². The van der Waals surface area contributed by atoms with E-state index in [-0.39, 0.29) is 5.91 Å². The lowest BCUT2D eigenvalue weighted by molar-refractivity contribution is -0.121. The lowest BCUT2D eigenvalue weighted by atomic mass is 9.95. The van der Waals surface area contributed by atoms with Crippen LogP contribution in [0.1, 0.15) is 29.2 Å². The number of likely N-dealkylation sites (N-methyl/N-ethyl adjacent to an activating group) is 1. The van der Waals surface area contributed by atoms with Gasteiger partial charge in [0.15, 0.2) is 0 Å². The van der Waals surface area contributed by atoms with Gasteiger partial charge in [-0.1, -0.05) is 42.0 Å². The van der Waals surface area contributed by atoms with Crippen molar-refractivity contribution in [1.29, 1.82) is 5.26 Å². The molecule has 0 aromatic heterocycles. The molecule has 1 aliphatic heterocycles. The molecule has 0 spiro atoms. The van der Waals surface area contributed by atoms with Crippen molar-refractivity contribution < 1.29 is 4.79 Å². The highest BCUT2D eigenvalue weighted by Crippen LogP contribution is 2.34. The summed E-state index contributed by atoms with van der Waals surface area (Å²) in [5.74, 6) is -0.316. The summed E-state index contributed by atoms with van der Waals surface area (Å²) >= 11 is 0. The number of rotatable bonds is 1. The largest absolute Gasteiger partial charge is 0.311 e. The molecule has 1 amide bonds. The van der Waals surface area contributed by atoms with Gasteiger partial charge in [0.2, 0.25) is 5.54 Å². The maximum absolute atomic E-state index is 12.9. The Hall–Kier alpha value is -2.93. The van der Waals surface area contributed by atoms with E-state index in [9.17, 15) is 10.1 Å². The number of nitrogens with zero attached hydrogens (tertiary/aromatic N) is 3. The van der Waals surface area contributed by atoms with Gasteiger partial charge in [0.05, 0.1) is 11.4 Å². The Morgan fingerprint density at radius 1 is 1.17 bits per heavy atom. The summed E-state index contributed by atoms with van der Waals surface area (Å²) < 4.78 is 0. The van der Waals surface area contributed by atoms with E-state index in [1.54, 1.807) is 18.9 Å². The molecule has 24 heavy (non-hydrogen) atoms. The van der Waals surface area contributed by atoms with Gasteiger partial charge in [-0.25, -0.2) is 0 Å². The summed E-state index contributed by atoms with van der Waals surface area (Å²) in [4.78, 5) is 19.0. The Balaban J connectivity index is 2.41. The molecule has 1 aliphatic rings. The van der Waals surface area contributed by atoms with E-state index in [0.717, 1.165) is 27.9 Å². The van der Waals surface area contributed by atoms with Crippen LogP contribution in [-0.4, -0.2) is 24.2 Å². The van der Waals surface area contributed by atoms with Gasteiger partial charge in [-0.05, 0) is 32.4 Å². The van der Waals surface area contributed by atoms with E-state index in [1.807, 2.05) is 56.3 Å². The molecule has 2 aromatic carbocycles. The summed E-state index contributed by atoms with van der Waals surface area (Å²) in [6, 6.07) is 15.9. The predicted octanol–water partition coefficient (Wildman–Crippen LogP) is 3.40. The fourth-order valence-electron chi connectivity index (χ4n) is 3.23. The normalized spacial score (nSPS) is 20.0. The monoisotopic (exact) mass is 317 g/mol. The van der Waals surface area contributed by atoms with Crippen molar-refractivity contribution in [3.63, 3.8) is 0 Å². The molecule has 4 heteroatoms. The Morgan fingerprint density at radius 2 is 1.83 bits per heavy atom. The van der Waals surface area contributed by atoms with Gasteiger partial charge in [0.25, 0.3) is 5.91 Å². The third-order valence-electron chi connectivity index (χ3n) is 4.36. The van der Waals surface area contributed by atoms with Gasteiger partial charge >= 0.3 is 0 Å². The van der Waals surface area contributed by atoms with Crippen LogP contribution in [0.3, 0.4) is 0 Å². The van der Waals surface area contributed by atoms with Crippen LogP contribution in [0, 0.1) is 25.2 Å². The second-order valence-electron chi connectivity index (χ2n) is 6.35. The molecule has 0 unspecified atom stereocenters. The van der Waals surface area contributed by atoms with Crippen LogP contribution >= 0.6 is 0 Å². The molecule has 0 radical (unpaired) electrons. The van der Waals surface area contributed by atoms with E-state index in [0.29, 0.717) is 5.71 Å². The van der Waals surface area contributed by atoms with Crippen molar-refractivity contribution in [1.82, 2.24) is 0 Å². The molecular formula is C20H19N3O. The summed E-state index contributed by atoms with van der Waals surface area (Å²) in [6.45, 7) is 5.57. The van der Waals surface area contributed by atoms with Crippen LogP contribution in [0.5, 0.6) is 0 Å². The Kier molecular flexibility index (Phi) is 3.73. The van der Waals surface area contributed by atoms with Crippen LogP contribution < -0.4 is 4.90 Å². The third-order valence-corrected chi connectivity index (χ3v) is 4.36. The number of anilines is 1. The van der Waals surface area contributed by atoms with Gasteiger partial charge < -0.3 is 4.90 Å². The molecule has 0 saturated carbocycles. The number of hydrogen-bond acceptors (Lipinski definition) is 3. The number of carbonyl (C=O) groups excluding carboxylic acids is 1. The first-order valence-electron chi connectivity index (χ1n) is 7.83. The van der Waals surface area contributed by atoms with Gasteiger partial charge in [0.1, 0.15) is 6.07 Å². The highest BCUT2D eigenvalue weighted by Gasteiger charge is 2.40. The number of fused-ring (bicyclic) bond motifs is 1.